The van der Waals surface area contributed by atoms with E-state index < -0.39 is 7.82 Å². The summed E-state index contributed by atoms with van der Waals surface area (Å²) in [5.74, 6) is -0.254. The first-order valence-corrected chi connectivity index (χ1v) is 13.8. The highest BCUT2D eigenvalue weighted by atomic mass is 31.2. The number of fused-ring (bicyclic) bond motifs is 1. The molecule has 5 rings (SSSR count). The third-order valence-corrected chi connectivity index (χ3v) is 7.57. The molecule has 0 bridgehead atoms. The van der Waals surface area contributed by atoms with Crippen molar-refractivity contribution < 1.29 is 22.9 Å². The van der Waals surface area contributed by atoms with E-state index in [1.807, 2.05) is 111 Å². The van der Waals surface area contributed by atoms with Crippen LogP contribution in [0.3, 0.4) is 0 Å². The SMILES string of the molecule is Cc1cc(C)c(/C=C2\C(=O)N(COP(=O)(OCc3ccccc3)OCc3ccccc3)c3ccccc32)[nH]1. The molecule has 2 heterocycles. The molecule has 4 aromatic rings. The highest BCUT2D eigenvalue weighted by Gasteiger charge is 2.36. The van der Waals surface area contributed by atoms with Crippen LogP contribution in [0.1, 0.15) is 33.6 Å². The van der Waals surface area contributed by atoms with Crippen LogP contribution in [0, 0.1) is 13.8 Å². The number of amides is 1. The lowest BCUT2D eigenvalue weighted by Gasteiger charge is -2.22. The number of hydrogen-bond donors (Lipinski definition) is 1. The first-order chi connectivity index (χ1) is 18.4. The Balaban J connectivity index is 1.37. The van der Waals surface area contributed by atoms with E-state index in [1.165, 1.54) is 4.90 Å². The summed E-state index contributed by atoms with van der Waals surface area (Å²) in [4.78, 5) is 18.3. The van der Waals surface area contributed by atoms with E-state index in [0.29, 0.717) is 11.3 Å². The number of hydrogen-bond acceptors (Lipinski definition) is 5. The van der Waals surface area contributed by atoms with Gasteiger partial charge in [-0.15, -0.1) is 0 Å². The Morgan fingerprint density at radius 1 is 0.816 bits per heavy atom. The molecule has 7 nitrogen and oxygen atoms in total. The lowest BCUT2D eigenvalue weighted by Crippen LogP contribution is -2.28. The van der Waals surface area contributed by atoms with Crippen LogP contribution in [0.4, 0.5) is 5.69 Å². The first kappa shape index (κ1) is 25.9. The fourth-order valence-electron chi connectivity index (χ4n) is 4.31. The summed E-state index contributed by atoms with van der Waals surface area (Å²) in [5.41, 5.74) is 6.54. The van der Waals surface area contributed by atoms with Gasteiger partial charge < -0.3 is 4.98 Å². The van der Waals surface area contributed by atoms with Crippen molar-refractivity contribution in [2.24, 2.45) is 0 Å². The summed E-state index contributed by atoms with van der Waals surface area (Å²) in [6, 6.07) is 28.2. The molecule has 0 radical (unpaired) electrons. The summed E-state index contributed by atoms with van der Waals surface area (Å²) in [7, 11) is -4.05. The minimum Gasteiger partial charge on any atom is -0.359 e. The molecule has 0 aliphatic carbocycles. The van der Waals surface area contributed by atoms with Gasteiger partial charge in [-0.2, -0.15) is 0 Å². The van der Waals surface area contributed by atoms with Gasteiger partial charge in [0.25, 0.3) is 5.91 Å². The lowest BCUT2D eigenvalue weighted by atomic mass is 10.1. The molecule has 0 spiro atoms. The molecule has 0 atom stereocenters. The van der Waals surface area contributed by atoms with E-state index in [1.54, 1.807) is 0 Å². The van der Waals surface area contributed by atoms with Gasteiger partial charge in [0.2, 0.25) is 0 Å². The molecule has 1 N–H and O–H groups in total. The number of aromatic nitrogens is 1. The van der Waals surface area contributed by atoms with Crippen molar-refractivity contribution in [1.29, 1.82) is 0 Å². The third-order valence-electron chi connectivity index (χ3n) is 6.25. The molecule has 0 fully saturated rings. The molecular weight excluding hydrogens is 499 g/mol. The minimum absolute atomic E-state index is 0.0358. The molecule has 3 aromatic carbocycles. The maximum atomic E-state index is 13.7. The van der Waals surface area contributed by atoms with Crippen LogP contribution < -0.4 is 4.90 Å². The van der Waals surface area contributed by atoms with Crippen molar-refractivity contribution in [3.8, 4) is 0 Å². The molecule has 0 unspecified atom stereocenters. The maximum Gasteiger partial charge on any atom is 0.477 e. The number of rotatable bonds is 10. The number of phosphoric acid groups is 1. The van der Waals surface area contributed by atoms with Gasteiger partial charge in [0.15, 0.2) is 0 Å². The summed E-state index contributed by atoms with van der Waals surface area (Å²) in [5, 5.41) is 0. The minimum atomic E-state index is -4.05. The Labute approximate surface area is 222 Å². The Hall–Kier alpha value is -3.74. The van der Waals surface area contributed by atoms with E-state index in [0.717, 1.165) is 33.6 Å². The van der Waals surface area contributed by atoms with Crippen LogP contribution >= 0.6 is 7.82 Å². The zero-order valence-electron chi connectivity index (χ0n) is 21.3. The van der Waals surface area contributed by atoms with Gasteiger partial charge in [-0.3, -0.25) is 23.3 Å². The van der Waals surface area contributed by atoms with Crippen LogP contribution in [0.5, 0.6) is 0 Å². The number of carbonyl (C=O) groups excluding carboxylic acids is 1. The van der Waals surface area contributed by atoms with Crippen molar-refractivity contribution in [2.45, 2.75) is 27.1 Å². The Bertz CT molecular complexity index is 1450. The van der Waals surface area contributed by atoms with Crippen molar-refractivity contribution in [1.82, 2.24) is 4.98 Å². The van der Waals surface area contributed by atoms with Crippen LogP contribution in [0.15, 0.2) is 91.0 Å². The van der Waals surface area contributed by atoms with Gasteiger partial charge in [0, 0.05) is 17.0 Å². The summed E-state index contributed by atoms with van der Waals surface area (Å²) < 4.78 is 31.0. The summed E-state index contributed by atoms with van der Waals surface area (Å²) >= 11 is 0. The number of aromatic amines is 1. The topological polar surface area (TPSA) is 80.9 Å². The first-order valence-electron chi connectivity index (χ1n) is 12.3. The molecule has 8 heteroatoms. The summed E-state index contributed by atoms with van der Waals surface area (Å²) in [6.45, 7) is 3.74. The number of para-hydroxylation sites is 1. The number of aryl methyl sites for hydroxylation is 2. The molecule has 38 heavy (non-hydrogen) atoms. The van der Waals surface area contributed by atoms with Crippen molar-refractivity contribution >= 4 is 31.1 Å². The molecule has 1 amide bonds. The lowest BCUT2D eigenvalue weighted by molar-refractivity contribution is -0.113. The average molecular weight is 529 g/mol. The highest BCUT2D eigenvalue weighted by Crippen LogP contribution is 2.52. The normalized spacial score (nSPS) is 14.3. The highest BCUT2D eigenvalue weighted by molar-refractivity contribution is 7.48. The second-order valence-electron chi connectivity index (χ2n) is 9.08. The number of nitrogens with one attached hydrogen (secondary N) is 1. The standard InChI is InChI=1S/C30H29N2O5P/c1-22-17-23(2)31-28(22)18-27-26-15-9-10-16-29(26)32(30(27)33)21-37-38(34,35-19-24-11-5-3-6-12-24)36-20-25-13-7-4-8-14-25/h3-18,31H,19-21H2,1-2H3/b27-18-. The zero-order chi connectivity index (χ0) is 26.5. The number of benzene rings is 3. The van der Waals surface area contributed by atoms with Crippen molar-refractivity contribution in [2.75, 3.05) is 11.6 Å². The van der Waals surface area contributed by atoms with E-state index in [9.17, 15) is 9.36 Å². The maximum absolute atomic E-state index is 13.7. The second-order valence-corrected chi connectivity index (χ2v) is 10.7. The van der Waals surface area contributed by atoms with Gasteiger partial charge in [0.05, 0.1) is 24.5 Å². The van der Waals surface area contributed by atoms with Crippen LogP contribution in [-0.2, 0) is 36.1 Å². The predicted octanol–water partition coefficient (Wildman–Crippen LogP) is 7.03. The molecule has 1 aliphatic heterocycles. The fraction of sp³-hybridized carbons (Fsp3) is 0.167. The van der Waals surface area contributed by atoms with Gasteiger partial charge in [-0.05, 0) is 48.7 Å². The molecule has 0 saturated carbocycles. The fourth-order valence-corrected chi connectivity index (χ4v) is 5.41. The van der Waals surface area contributed by atoms with E-state index in [-0.39, 0.29) is 25.9 Å². The zero-order valence-corrected chi connectivity index (χ0v) is 22.2. The van der Waals surface area contributed by atoms with Gasteiger partial charge in [-0.25, -0.2) is 4.57 Å². The molecule has 194 valence electrons. The van der Waals surface area contributed by atoms with Gasteiger partial charge in [-0.1, -0.05) is 78.9 Å². The quantitative estimate of drug-likeness (QED) is 0.176. The van der Waals surface area contributed by atoms with Crippen LogP contribution in [-0.4, -0.2) is 17.6 Å². The monoisotopic (exact) mass is 528 g/mol. The third kappa shape index (κ3) is 5.87. The van der Waals surface area contributed by atoms with Crippen LogP contribution in [0.25, 0.3) is 11.6 Å². The van der Waals surface area contributed by atoms with Gasteiger partial charge >= 0.3 is 7.82 Å². The Morgan fingerprint density at radius 2 is 1.39 bits per heavy atom. The number of carbonyl (C=O) groups is 1. The molecule has 1 aromatic heterocycles. The van der Waals surface area contributed by atoms with E-state index >= 15 is 0 Å². The number of anilines is 1. The van der Waals surface area contributed by atoms with Crippen molar-refractivity contribution in [3.05, 3.63) is 125 Å². The number of nitrogens with zero attached hydrogens (tertiary/aromatic N) is 1. The number of H-pyrrole nitrogens is 1. The van der Waals surface area contributed by atoms with E-state index in [4.69, 9.17) is 13.6 Å². The predicted molar refractivity (Wildman–Crippen MR) is 148 cm³/mol. The summed E-state index contributed by atoms with van der Waals surface area (Å²) in [6.07, 6.45) is 1.85. The second kappa shape index (κ2) is 11.3. The number of phosphoric ester groups is 1. The van der Waals surface area contributed by atoms with Crippen LogP contribution in [0.2, 0.25) is 0 Å². The molecule has 0 saturated heterocycles. The van der Waals surface area contributed by atoms with Gasteiger partial charge in [0.1, 0.15) is 6.73 Å². The van der Waals surface area contributed by atoms with E-state index in [2.05, 4.69) is 4.98 Å². The average Bonchev–Trinajstić information content (AvgIpc) is 3.40. The Kier molecular flexibility index (Phi) is 7.72. The smallest absolute Gasteiger partial charge is 0.359 e. The Morgan fingerprint density at radius 3 is 1.97 bits per heavy atom. The molecule has 1 aliphatic rings. The van der Waals surface area contributed by atoms with Crippen molar-refractivity contribution in [3.63, 3.8) is 0 Å². The molecular formula is C30H29N2O5P. The largest absolute Gasteiger partial charge is 0.477 e.